The number of rotatable bonds is 7. The van der Waals surface area contributed by atoms with Crippen molar-refractivity contribution in [3.8, 4) is 33.6 Å². The third-order valence-electron chi connectivity index (χ3n) is 10.9. The molecular weight excluding hydrogens is 853 g/mol. The number of fused-ring (bicyclic) bond motifs is 3. The molecule has 0 atom stereocenters. The topological polar surface area (TPSA) is 64.7 Å². The molecule has 0 unspecified atom stereocenters. The first-order valence-corrected chi connectivity index (χ1v) is 18.9. The van der Waals surface area contributed by atoms with E-state index in [1.807, 2.05) is 62.0 Å². The van der Waals surface area contributed by atoms with Crippen molar-refractivity contribution >= 4 is 22.1 Å². The van der Waals surface area contributed by atoms with Crippen LogP contribution in [0.4, 0.5) is 0 Å². The van der Waals surface area contributed by atoms with Gasteiger partial charge in [0.2, 0.25) is 5.71 Å². The Balaban J connectivity index is 0.000000197. The van der Waals surface area contributed by atoms with Gasteiger partial charge >= 0.3 is 0 Å². The molecule has 5 nitrogen and oxygen atoms in total. The Morgan fingerprint density at radius 2 is 1.58 bits per heavy atom. The molecule has 8 aromatic rings. The number of hydrogen-bond donors (Lipinski definition) is 0. The average molecular weight is 897 g/mol. The number of furan rings is 1. The van der Waals surface area contributed by atoms with Gasteiger partial charge in [0, 0.05) is 56.0 Å². The summed E-state index contributed by atoms with van der Waals surface area (Å²) in [5.41, 5.74) is 13.3. The molecule has 5 heterocycles. The van der Waals surface area contributed by atoms with Crippen LogP contribution in [0.2, 0.25) is 0 Å². The van der Waals surface area contributed by atoms with Crippen molar-refractivity contribution in [2.45, 2.75) is 65.2 Å². The summed E-state index contributed by atoms with van der Waals surface area (Å²) >= 11 is 0. The summed E-state index contributed by atoms with van der Waals surface area (Å²) < 4.78 is 6.47. The minimum atomic E-state index is -0.268. The molecule has 0 saturated heterocycles. The average Bonchev–Trinajstić information content (AvgIpc) is 3.87. The summed E-state index contributed by atoms with van der Waals surface area (Å²) in [5.74, 6) is 0.788. The zero-order valence-electron chi connectivity index (χ0n) is 31.8. The van der Waals surface area contributed by atoms with Gasteiger partial charge in [-0.05, 0) is 101 Å². The standard InChI is InChI=1S/C31H30N3O.C18H14N.Ir/c1-20-8-9-25-28-26(31(2,3)23-13-15-32-16-14-23)11-10-24(29(28)35-30(25)34-20)27-19-22(12-17-33-27)18-21-6-4-5-7-21;1-14-13-19-18(16-10-6-3-7-11-16)12-17(14)15-8-4-2-5-9-15;/h8-9,11-17,19,21H,4-7,18H2,1-3H3;2-10,12-13H,1H3;/q2*-1;. The largest absolute Gasteiger partial charge is 0.486 e. The van der Waals surface area contributed by atoms with Gasteiger partial charge in [-0.25, -0.2) is 4.98 Å². The Bertz CT molecular complexity index is 2520. The molecule has 9 rings (SSSR count). The Kier molecular flexibility index (Phi) is 11.5. The quantitative estimate of drug-likeness (QED) is 0.149. The summed E-state index contributed by atoms with van der Waals surface area (Å²) in [6, 6.07) is 42.1. The van der Waals surface area contributed by atoms with Gasteiger partial charge in [-0.15, -0.1) is 53.6 Å². The van der Waals surface area contributed by atoms with Crippen molar-refractivity contribution in [1.29, 1.82) is 0 Å². The number of nitrogens with zero attached hydrogens (tertiary/aromatic N) is 4. The van der Waals surface area contributed by atoms with Crippen molar-refractivity contribution in [2.75, 3.05) is 0 Å². The summed E-state index contributed by atoms with van der Waals surface area (Å²) in [6.07, 6.45) is 14.1. The van der Waals surface area contributed by atoms with Crippen molar-refractivity contribution in [1.82, 2.24) is 19.9 Å². The Hall–Kier alpha value is -5.29. The van der Waals surface area contributed by atoms with Gasteiger partial charge in [-0.2, -0.15) is 0 Å². The Labute approximate surface area is 337 Å². The van der Waals surface area contributed by atoms with Crippen LogP contribution in [0.3, 0.4) is 0 Å². The van der Waals surface area contributed by atoms with Gasteiger partial charge in [0.15, 0.2) is 0 Å². The molecule has 1 saturated carbocycles. The fourth-order valence-corrected chi connectivity index (χ4v) is 7.84. The Morgan fingerprint density at radius 1 is 0.800 bits per heavy atom. The van der Waals surface area contributed by atoms with Crippen LogP contribution < -0.4 is 0 Å². The molecular formula is C49H44IrN4O-2. The molecule has 1 radical (unpaired) electrons. The third-order valence-corrected chi connectivity index (χ3v) is 10.9. The van der Waals surface area contributed by atoms with E-state index >= 15 is 0 Å². The minimum Gasteiger partial charge on any atom is -0.486 e. The van der Waals surface area contributed by atoms with E-state index in [4.69, 9.17) is 14.4 Å². The molecule has 0 aliphatic heterocycles. The number of aromatic nitrogens is 4. The van der Waals surface area contributed by atoms with E-state index < -0.39 is 0 Å². The maximum atomic E-state index is 6.47. The normalized spacial score (nSPS) is 13.0. The number of pyridine rings is 4. The first-order valence-electron chi connectivity index (χ1n) is 18.9. The van der Waals surface area contributed by atoms with Crippen molar-refractivity contribution in [2.24, 2.45) is 5.92 Å². The number of benzene rings is 3. The van der Waals surface area contributed by atoms with E-state index in [1.54, 1.807) is 0 Å². The Morgan fingerprint density at radius 3 is 2.35 bits per heavy atom. The van der Waals surface area contributed by atoms with Gasteiger partial charge in [0.1, 0.15) is 0 Å². The van der Waals surface area contributed by atoms with Crippen LogP contribution in [0.15, 0.2) is 132 Å². The van der Waals surface area contributed by atoms with Crippen LogP contribution >= 0.6 is 0 Å². The number of hydrogen-bond acceptors (Lipinski definition) is 5. The van der Waals surface area contributed by atoms with Crippen molar-refractivity contribution in [3.05, 3.63) is 168 Å². The van der Waals surface area contributed by atoms with E-state index in [-0.39, 0.29) is 25.5 Å². The molecule has 277 valence electrons. The second-order valence-electron chi connectivity index (χ2n) is 15.0. The fourth-order valence-electron chi connectivity index (χ4n) is 7.84. The summed E-state index contributed by atoms with van der Waals surface area (Å²) in [7, 11) is 0. The van der Waals surface area contributed by atoms with Gasteiger partial charge in [-0.1, -0.05) is 93.1 Å². The first-order chi connectivity index (χ1) is 26.3. The summed E-state index contributed by atoms with van der Waals surface area (Å²) in [5, 5.41) is 2.12. The molecule has 55 heavy (non-hydrogen) atoms. The SMILES string of the molecule is Cc1ccc2c(n1)oc1c(-c3cc(CC4CCCC4)ccn3)[c-]cc(C(C)(C)c3ccncc3)c12.Cc1cnc(-c2[c-]cccc2)cc1-c1ccccc1.[Ir]. The van der Waals surface area contributed by atoms with Crippen LogP contribution in [0, 0.1) is 31.9 Å². The van der Waals surface area contributed by atoms with Crippen molar-refractivity contribution < 1.29 is 24.5 Å². The molecule has 0 N–H and O–H groups in total. The molecule has 0 spiro atoms. The van der Waals surface area contributed by atoms with E-state index in [0.29, 0.717) is 5.71 Å². The second-order valence-corrected chi connectivity index (χ2v) is 15.0. The molecule has 1 aliphatic carbocycles. The van der Waals surface area contributed by atoms with E-state index in [9.17, 15) is 0 Å². The van der Waals surface area contributed by atoms with Gasteiger partial charge < -0.3 is 14.4 Å². The predicted octanol–water partition coefficient (Wildman–Crippen LogP) is 12.1. The van der Waals surface area contributed by atoms with Crippen LogP contribution in [0.1, 0.15) is 67.5 Å². The monoisotopic (exact) mass is 897 g/mol. The van der Waals surface area contributed by atoms with Crippen LogP contribution in [0.25, 0.3) is 55.7 Å². The van der Waals surface area contributed by atoms with Gasteiger partial charge in [0.05, 0.1) is 5.58 Å². The molecule has 0 amide bonds. The third kappa shape index (κ3) is 8.08. The molecule has 5 aromatic heterocycles. The van der Waals surface area contributed by atoms with E-state index in [0.717, 1.165) is 62.5 Å². The smallest absolute Gasteiger partial charge is 0.216 e. The maximum absolute atomic E-state index is 6.47. The zero-order chi connectivity index (χ0) is 37.1. The predicted molar refractivity (Wildman–Crippen MR) is 219 cm³/mol. The first kappa shape index (κ1) is 38.0. The van der Waals surface area contributed by atoms with Crippen LogP contribution in [-0.4, -0.2) is 19.9 Å². The fraction of sp³-hybridized carbons (Fsp3) is 0.224. The molecule has 1 aliphatic rings. The second kappa shape index (κ2) is 16.6. The number of aryl methyl sites for hydroxylation is 2. The summed E-state index contributed by atoms with van der Waals surface area (Å²) in [4.78, 5) is 18.2. The van der Waals surface area contributed by atoms with Crippen LogP contribution in [-0.2, 0) is 31.9 Å². The van der Waals surface area contributed by atoms with Gasteiger partial charge in [0.25, 0.3) is 0 Å². The van der Waals surface area contributed by atoms with Crippen molar-refractivity contribution in [3.63, 3.8) is 0 Å². The molecule has 3 aromatic carbocycles. The zero-order valence-corrected chi connectivity index (χ0v) is 34.2. The summed E-state index contributed by atoms with van der Waals surface area (Å²) in [6.45, 7) is 8.57. The van der Waals surface area contributed by atoms with Crippen LogP contribution in [0.5, 0.6) is 0 Å². The molecule has 6 heteroatoms. The van der Waals surface area contributed by atoms with E-state index in [2.05, 4.69) is 116 Å². The molecule has 0 bridgehead atoms. The van der Waals surface area contributed by atoms with E-state index in [1.165, 1.54) is 53.5 Å². The maximum Gasteiger partial charge on any atom is 0.216 e. The minimum absolute atomic E-state index is 0. The molecule has 1 fully saturated rings. The van der Waals surface area contributed by atoms with Gasteiger partial charge in [-0.3, -0.25) is 4.98 Å².